The van der Waals surface area contributed by atoms with Crippen molar-refractivity contribution in [2.75, 3.05) is 6.54 Å². The second-order valence-corrected chi connectivity index (χ2v) is 8.11. The van der Waals surface area contributed by atoms with Crippen molar-refractivity contribution in [2.45, 2.75) is 12.8 Å². The van der Waals surface area contributed by atoms with Crippen LogP contribution in [0.3, 0.4) is 0 Å². The lowest BCUT2D eigenvalue weighted by molar-refractivity contribution is -0.305. The summed E-state index contributed by atoms with van der Waals surface area (Å²) in [4.78, 5) is 24.8. The second kappa shape index (κ2) is 8.20. The van der Waals surface area contributed by atoms with Gasteiger partial charge in [-0.3, -0.25) is 9.69 Å². The number of aliphatic carboxylic acids is 1. The predicted molar refractivity (Wildman–Crippen MR) is 106 cm³/mol. The van der Waals surface area contributed by atoms with Crippen LogP contribution in [0.25, 0.3) is 17.4 Å². The molecule has 0 spiro atoms. The molecule has 0 atom stereocenters. The molecule has 0 unspecified atom stereocenters. The summed E-state index contributed by atoms with van der Waals surface area (Å²) in [5.41, 5.74) is 0.933. The number of hydrogen-bond donors (Lipinski definition) is 0. The van der Waals surface area contributed by atoms with E-state index in [0.717, 1.165) is 10.0 Å². The molecular weight excluding hydrogens is 438 g/mol. The highest BCUT2D eigenvalue weighted by Crippen LogP contribution is 2.33. The number of furan rings is 1. The molecule has 0 saturated carbocycles. The summed E-state index contributed by atoms with van der Waals surface area (Å²) >= 11 is 9.79. The number of carboxylic acid groups (broad SMARTS) is 1. The topological polar surface area (TPSA) is 73.6 Å². The van der Waals surface area contributed by atoms with Crippen LogP contribution in [-0.2, 0) is 9.59 Å². The SMILES string of the molecule is O=C([O-])CCCN1C(=O)/C(=C/c2ccc(-c3ccc(Br)cc3)o2)SC1=S. The van der Waals surface area contributed by atoms with Crippen LogP contribution in [-0.4, -0.2) is 27.6 Å². The van der Waals surface area contributed by atoms with Crippen LogP contribution in [0.15, 0.2) is 50.2 Å². The van der Waals surface area contributed by atoms with Gasteiger partial charge in [0, 0.05) is 28.6 Å². The van der Waals surface area contributed by atoms with E-state index in [-0.39, 0.29) is 18.9 Å². The van der Waals surface area contributed by atoms with E-state index < -0.39 is 5.97 Å². The number of thioether (sulfide) groups is 1. The number of rotatable bonds is 6. The molecule has 1 aliphatic rings. The molecule has 2 heterocycles. The first-order valence-electron chi connectivity index (χ1n) is 7.75. The minimum atomic E-state index is -1.14. The lowest BCUT2D eigenvalue weighted by Crippen LogP contribution is -2.30. The van der Waals surface area contributed by atoms with Crippen molar-refractivity contribution < 1.29 is 19.1 Å². The van der Waals surface area contributed by atoms with Gasteiger partial charge in [0.25, 0.3) is 5.91 Å². The largest absolute Gasteiger partial charge is 0.550 e. The van der Waals surface area contributed by atoms with Gasteiger partial charge in [0.1, 0.15) is 15.8 Å². The highest BCUT2D eigenvalue weighted by atomic mass is 79.9. The van der Waals surface area contributed by atoms with E-state index in [1.807, 2.05) is 30.3 Å². The number of carboxylic acids is 1. The molecule has 3 rings (SSSR count). The molecule has 2 aromatic rings. The van der Waals surface area contributed by atoms with Gasteiger partial charge in [-0.1, -0.05) is 52.0 Å². The highest BCUT2D eigenvalue weighted by Gasteiger charge is 2.31. The molecule has 5 nitrogen and oxygen atoms in total. The van der Waals surface area contributed by atoms with Gasteiger partial charge in [0.05, 0.1) is 4.91 Å². The van der Waals surface area contributed by atoms with Gasteiger partial charge < -0.3 is 14.3 Å². The zero-order valence-corrected chi connectivity index (χ0v) is 16.7. The van der Waals surface area contributed by atoms with E-state index in [1.54, 1.807) is 12.1 Å². The maximum atomic E-state index is 12.4. The summed E-state index contributed by atoms with van der Waals surface area (Å²) in [6.45, 7) is 0.262. The van der Waals surface area contributed by atoms with Crippen molar-refractivity contribution in [3.8, 4) is 11.3 Å². The fraction of sp³-hybridized carbons (Fsp3) is 0.167. The van der Waals surface area contributed by atoms with Crippen molar-refractivity contribution in [3.63, 3.8) is 0 Å². The van der Waals surface area contributed by atoms with Gasteiger partial charge in [-0.2, -0.15) is 0 Å². The van der Waals surface area contributed by atoms with Gasteiger partial charge in [0.15, 0.2) is 0 Å². The third kappa shape index (κ3) is 4.44. The standard InChI is InChI=1S/C18H14BrNO4S2/c19-12-5-3-11(4-6-12)14-8-7-13(24-14)10-15-17(23)20(18(25)26-15)9-1-2-16(21)22/h3-8,10H,1-2,9H2,(H,21,22)/p-1/b15-10-. The molecule has 0 radical (unpaired) electrons. The molecule has 1 aromatic heterocycles. The predicted octanol–water partition coefficient (Wildman–Crippen LogP) is 3.44. The van der Waals surface area contributed by atoms with Crippen molar-refractivity contribution in [1.29, 1.82) is 0 Å². The molecule has 0 bridgehead atoms. The van der Waals surface area contributed by atoms with E-state index in [0.29, 0.717) is 27.2 Å². The fourth-order valence-corrected chi connectivity index (χ4v) is 3.96. The highest BCUT2D eigenvalue weighted by molar-refractivity contribution is 9.10. The lowest BCUT2D eigenvalue weighted by Gasteiger charge is -2.14. The minimum absolute atomic E-state index is 0.106. The van der Waals surface area contributed by atoms with Gasteiger partial charge in [0.2, 0.25) is 0 Å². The van der Waals surface area contributed by atoms with Gasteiger partial charge in [-0.05, 0) is 37.1 Å². The first-order chi connectivity index (χ1) is 12.4. The summed E-state index contributed by atoms with van der Waals surface area (Å²) < 4.78 is 7.20. The van der Waals surface area contributed by atoms with Crippen LogP contribution >= 0.6 is 39.9 Å². The Balaban J connectivity index is 1.72. The van der Waals surface area contributed by atoms with Crippen LogP contribution in [0, 0.1) is 0 Å². The van der Waals surface area contributed by atoms with Crippen molar-refractivity contribution in [1.82, 2.24) is 4.90 Å². The normalized spacial score (nSPS) is 15.9. The molecule has 0 N–H and O–H groups in total. The van der Waals surface area contributed by atoms with Crippen LogP contribution in [0.5, 0.6) is 0 Å². The molecule has 1 aromatic carbocycles. The third-order valence-corrected chi connectivity index (χ3v) is 5.57. The Hall–Kier alpha value is -1.90. The summed E-state index contributed by atoms with van der Waals surface area (Å²) in [6, 6.07) is 11.4. The van der Waals surface area contributed by atoms with E-state index in [9.17, 15) is 14.7 Å². The lowest BCUT2D eigenvalue weighted by atomic mass is 10.2. The molecule has 26 heavy (non-hydrogen) atoms. The molecule has 1 amide bonds. The summed E-state index contributed by atoms with van der Waals surface area (Å²) in [5.74, 6) is -0.117. The number of nitrogens with zero attached hydrogens (tertiary/aromatic N) is 1. The molecule has 1 saturated heterocycles. The van der Waals surface area contributed by atoms with Crippen LogP contribution in [0.2, 0.25) is 0 Å². The van der Waals surface area contributed by atoms with Crippen LogP contribution in [0.4, 0.5) is 0 Å². The summed E-state index contributed by atoms with van der Waals surface area (Å²) in [6.07, 6.45) is 1.85. The summed E-state index contributed by atoms with van der Waals surface area (Å²) in [5, 5.41) is 10.5. The Labute approximate surface area is 168 Å². The van der Waals surface area contributed by atoms with Crippen molar-refractivity contribution >= 4 is 62.2 Å². The Kier molecular flexibility index (Phi) is 5.95. The Morgan fingerprint density at radius 2 is 2.00 bits per heavy atom. The van der Waals surface area contributed by atoms with Gasteiger partial charge in [-0.15, -0.1) is 0 Å². The average molecular weight is 451 g/mol. The quantitative estimate of drug-likeness (QED) is 0.495. The first-order valence-corrected chi connectivity index (χ1v) is 9.77. The Morgan fingerprint density at radius 3 is 2.69 bits per heavy atom. The third-order valence-electron chi connectivity index (χ3n) is 3.67. The number of benzene rings is 1. The average Bonchev–Trinajstić information content (AvgIpc) is 3.15. The van der Waals surface area contributed by atoms with Crippen LogP contribution in [0.1, 0.15) is 18.6 Å². The van der Waals surface area contributed by atoms with Gasteiger partial charge >= 0.3 is 0 Å². The van der Waals surface area contributed by atoms with Crippen LogP contribution < -0.4 is 5.11 Å². The van der Waals surface area contributed by atoms with E-state index in [1.165, 1.54) is 16.7 Å². The van der Waals surface area contributed by atoms with E-state index in [4.69, 9.17) is 16.6 Å². The Morgan fingerprint density at radius 1 is 1.27 bits per heavy atom. The number of halogens is 1. The molecule has 0 aliphatic carbocycles. The zero-order valence-electron chi connectivity index (χ0n) is 13.4. The number of hydrogen-bond acceptors (Lipinski definition) is 6. The zero-order chi connectivity index (χ0) is 18.7. The molecular formula is C18H13BrNO4S2-. The van der Waals surface area contributed by atoms with E-state index >= 15 is 0 Å². The molecule has 134 valence electrons. The maximum absolute atomic E-state index is 12.4. The van der Waals surface area contributed by atoms with Crippen molar-refractivity contribution in [3.05, 3.63) is 51.5 Å². The van der Waals surface area contributed by atoms with Gasteiger partial charge in [-0.25, -0.2) is 0 Å². The monoisotopic (exact) mass is 450 g/mol. The van der Waals surface area contributed by atoms with Crippen molar-refractivity contribution in [2.24, 2.45) is 0 Å². The number of amides is 1. The summed E-state index contributed by atoms with van der Waals surface area (Å²) in [7, 11) is 0. The van der Waals surface area contributed by atoms with E-state index in [2.05, 4.69) is 15.9 Å². The molecule has 1 aliphatic heterocycles. The number of carbonyl (C=O) groups excluding carboxylic acids is 2. The molecule has 8 heteroatoms. The Bertz CT molecular complexity index is 889. The molecule has 1 fully saturated rings. The second-order valence-electron chi connectivity index (χ2n) is 5.52. The minimum Gasteiger partial charge on any atom is -0.550 e. The smallest absolute Gasteiger partial charge is 0.266 e. The maximum Gasteiger partial charge on any atom is 0.266 e. The first kappa shape index (κ1) is 18.9. The number of thiocarbonyl (C=S) groups is 1. The fourth-order valence-electron chi connectivity index (χ4n) is 2.40. The number of carbonyl (C=O) groups is 2.